The number of nitrogens with one attached hydrogen (secondary N) is 1. The minimum absolute atomic E-state index is 0.206. The first-order chi connectivity index (χ1) is 14.2. The van der Waals surface area contributed by atoms with Crippen molar-refractivity contribution in [2.45, 2.75) is 19.4 Å². The largest absolute Gasteiger partial charge is 0.451 e. The summed E-state index contributed by atoms with van der Waals surface area (Å²) in [5.74, 6) is -0.809. The van der Waals surface area contributed by atoms with Gasteiger partial charge in [-0.15, -0.1) is 11.3 Å². The van der Waals surface area contributed by atoms with E-state index in [0.29, 0.717) is 18.2 Å². The smallest absolute Gasteiger partial charge is 0.358 e. The predicted octanol–water partition coefficient (Wildman–Crippen LogP) is 3.89. The Kier molecular flexibility index (Phi) is 5.86. The zero-order valence-electron chi connectivity index (χ0n) is 15.8. The van der Waals surface area contributed by atoms with Crippen LogP contribution in [-0.2, 0) is 22.5 Å². The quantitative estimate of drug-likeness (QED) is 0.628. The molecule has 4 rings (SSSR count). The summed E-state index contributed by atoms with van der Waals surface area (Å²) in [5, 5.41) is 5.46. The normalized spacial score (nSPS) is 12.9. The van der Waals surface area contributed by atoms with Crippen molar-refractivity contribution in [1.82, 2.24) is 4.98 Å². The van der Waals surface area contributed by atoms with Crippen molar-refractivity contribution in [2.24, 2.45) is 0 Å². The van der Waals surface area contributed by atoms with E-state index in [-0.39, 0.29) is 18.2 Å². The van der Waals surface area contributed by atoms with Crippen LogP contribution in [0.4, 0.5) is 10.8 Å². The second-order valence-corrected chi connectivity index (χ2v) is 7.59. The van der Waals surface area contributed by atoms with Crippen molar-refractivity contribution in [2.75, 3.05) is 23.4 Å². The Morgan fingerprint density at radius 3 is 2.76 bits per heavy atom. The number of ether oxygens (including phenoxy) is 1. The van der Waals surface area contributed by atoms with E-state index in [2.05, 4.69) is 10.3 Å². The highest BCUT2D eigenvalue weighted by atomic mass is 32.1. The number of thiazole rings is 1. The second kappa shape index (κ2) is 8.87. The van der Waals surface area contributed by atoms with Crippen LogP contribution in [0.25, 0.3) is 0 Å². The fourth-order valence-electron chi connectivity index (χ4n) is 3.29. The molecule has 6 nitrogen and oxygen atoms in total. The monoisotopic (exact) mass is 407 g/mol. The highest BCUT2D eigenvalue weighted by Crippen LogP contribution is 2.26. The van der Waals surface area contributed by atoms with Crippen LogP contribution in [0.2, 0.25) is 0 Å². The summed E-state index contributed by atoms with van der Waals surface area (Å²) < 4.78 is 5.22. The van der Waals surface area contributed by atoms with Crippen molar-refractivity contribution >= 4 is 34.0 Å². The summed E-state index contributed by atoms with van der Waals surface area (Å²) in [4.78, 5) is 30.8. The van der Waals surface area contributed by atoms with Gasteiger partial charge in [0.15, 0.2) is 17.4 Å². The maximum absolute atomic E-state index is 12.6. The first-order valence-electron chi connectivity index (χ1n) is 9.49. The molecule has 7 heteroatoms. The zero-order chi connectivity index (χ0) is 20.1. The Balaban J connectivity index is 1.31. The van der Waals surface area contributed by atoms with E-state index in [9.17, 15) is 9.59 Å². The van der Waals surface area contributed by atoms with E-state index in [1.54, 1.807) is 10.3 Å². The fourth-order valence-corrected chi connectivity index (χ4v) is 3.97. The number of para-hydroxylation sites is 1. The topological polar surface area (TPSA) is 71.5 Å². The Morgan fingerprint density at radius 2 is 1.90 bits per heavy atom. The van der Waals surface area contributed by atoms with Gasteiger partial charge >= 0.3 is 5.97 Å². The SMILES string of the molecule is O=C(OCC(=O)N1CCCc2ccccc21)c1csc(NCc2ccccc2)n1. The summed E-state index contributed by atoms with van der Waals surface area (Å²) in [7, 11) is 0. The van der Waals surface area contributed by atoms with Crippen LogP contribution >= 0.6 is 11.3 Å². The van der Waals surface area contributed by atoms with Crippen molar-refractivity contribution in [3.63, 3.8) is 0 Å². The number of aryl methyl sites for hydroxylation is 1. The molecule has 0 fully saturated rings. The zero-order valence-corrected chi connectivity index (χ0v) is 16.7. The molecule has 0 aliphatic carbocycles. The molecule has 1 aromatic heterocycles. The molecule has 148 valence electrons. The van der Waals surface area contributed by atoms with Crippen LogP contribution in [-0.4, -0.2) is 30.0 Å². The number of carbonyl (C=O) groups excluding carboxylic acids is 2. The molecule has 1 aliphatic heterocycles. The number of esters is 1. The Bertz CT molecular complexity index is 1000. The van der Waals surface area contributed by atoms with Crippen LogP contribution in [0.1, 0.15) is 28.0 Å². The lowest BCUT2D eigenvalue weighted by atomic mass is 10.0. The number of nitrogens with zero attached hydrogens (tertiary/aromatic N) is 2. The number of hydrogen-bond donors (Lipinski definition) is 1. The average molecular weight is 407 g/mol. The molecule has 0 saturated carbocycles. The Morgan fingerprint density at radius 1 is 1.10 bits per heavy atom. The van der Waals surface area contributed by atoms with E-state index in [1.807, 2.05) is 54.6 Å². The molecule has 3 aromatic rings. The molecule has 0 bridgehead atoms. The lowest BCUT2D eigenvalue weighted by molar-refractivity contribution is -0.121. The molecular formula is C22H21N3O3S. The molecule has 1 N–H and O–H groups in total. The van der Waals surface area contributed by atoms with Crippen LogP contribution < -0.4 is 10.2 Å². The Labute approximate surface area is 173 Å². The molecule has 2 heterocycles. The van der Waals surface area contributed by atoms with Gasteiger partial charge in [-0.3, -0.25) is 4.79 Å². The fraction of sp³-hybridized carbons (Fsp3) is 0.227. The molecule has 0 atom stereocenters. The van der Waals surface area contributed by atoms with Crippen LogP contribution in [0.3, 0.4) is 0 Å². The standard InChI is InChI=1S/C22H21N3O3S/c26-20(25-12-6-10-17-9-4-5-11-19(17)25)14-28-21(27)18-15-29-22(24-18)23-13-16-7-2-1-3-8-16/h1-5,7-9,11,15H,6,10,12-14H2,(H,23,24). The summed E-state index contributed by atoms with van der Waals surface area (Å²) in [6.45, 7) is 0.963. The molecular weight excluding hydrogens is 386 g/mol. The number of fused-ring (bicyclic) bond motifs is 1. The molecule has 2 aromatic carbocycles. The van der Waals surface area contributed by atoms with E-state index >= 15 is 0 Å². The molecule has 0 unspecified atom stereocenters. The van der Waals surface area contributed by atoms with E-state index in [4.69, 9.17) is 4.74 Å². The number of rotatable bonds is 6. The van der Waals surface area contributed by atoms with Gasteiger partial charge in [-0.1, -0.05) is 48.5 Å². The minimum Gasteiger partial charge on any atom is -0.451 e. The van der Waals surface area contributed by atoms with Gasteiger partial charge in [-0.05, 0) is 30.0 Å². The summed E-state index contributed by atoms with van der Waals surface area (Å²) in [6.07, 6.45) is 1.86. The highest BCUT2D eigenvalue weighted by molar-refractivity contribution is 7.13. The van der Waals surface area contributed by atoms with E-state index in [0.717, 1.165) is 29.7 Å². The molecule has 29 heavy (non-hydrogen) atoms. The number of benzene rings is 2. The molecule has 0 saturated heterocycles. The van der Waals surface area contributed by atoms with Crippen molar-refractivity contribution in [1.29, 1.82) is 0 Å². The van der Waals surface area contributed by atoms with Gasteiger partial charge in [-0.2, -0.15) is 0 Å². The average Bonchev–Trinajstić information content (AvgIpc) is 3.25. The van der Waals surface area contributed by atoms with Crippen LogP contribution in [0, 0.1) is 0 Å². The summed E-state index contributed by atoms with van der Waals surface area (Å²) >= 11 is 1.33. The third kappa shape index (κ3) is 4.63. The molecule has 1 aliphatic rings. The van der Waals surface area contributed by atoms with E-state index in [1.165, 1.54) is 11.3 Å². The van der Waals surface area contributed by atoms with Gasteiger partial charge in [-0.25, -0.2) is 9.78 Å². The van der Waals surface area contributed by atoms with Crippen molar-refractivity contribution in [3.05, 3.63) is 76.8 Å². The van der Waals surface area contributed by atoms with Gasteiger partial charge in [0.25, 0.3) is 5.91 Å². The second-order valence-electron chi connectivity index (χ2n) is 6.73. The molecule has 1 amide bonds. The van der Waals surface area contributed by atoms with Gasteiger partial charge < -0.3 is 15.0 Å². The minimum atomic E-state index is -0.590. The first-order valence-corrected chi connectivity index (χ1v) is 10.4. The highest BCUT2D eigenvalue weighted by Gasteiger charge is 2.23. The maximum atomic E-state index is 12.6. The molecule has 0 radical (unpaired) electrons. The molecule has 0 spiro atoms. The van der Waals surface area contributed by atoms with Gasteiger partial charge in [0.2, 0.25) is 0 Å². The van der Waals surface area contributed by atoms with Gasteiger partial charge in [0.1, 0.15) is 0 Å². The van der Waals surface area contributed by atoms with Crippen molar-refractivity contribution < 1.29 is 14.3 Å². The van der Waals surface area contributed by atoms with Gasteiger partial charge in [0.05, 0.1) is 0 Å². The lowest BCUT2D eigenvalue weighted by Gasteiger charge is -2.29. The number of anilines is 2. The first kappa shape index (κ1) is 19.1. The predicted molar refractivity (Wildman–Crippen MR) is 113 cm³/mol. The third-order valence-corrected chi connectivity index (χ3v) is 5.54. The summed E-state index contributed by atoms with van der Waals surface area (Å²) in [5.41, 5.74) is 3.38. The maximum Gasteiger partial charge on any atom is 0.358 e. The lowest BCUT2D eigenvalue weighted by Crippen LogP contribution is -2.38. The van der Waals surface area contributed by atoms with Crippen LogP contribution in [0.5, 0.6) is 0 Å². The van der Waals surface area contributed by atoms with Crippen LogP contribution in [0.15, 0.2) is 60.0 Å². The number of amides is 1. The van der Waals surface area contributed by atoms with E-state index < -0.39 is 5.97 Å². The third-order valence-electron chi connectivity index (χ3n) is 4.74. The Hall–Kier alpha value is -3.19. The number of aromatic nitrogens is 1. The summed E-state index contributed by atoms with van der Waals surface area (Å²) in [6, 6.07) is 17.8. The number of carbonyl (C=O) groups is 2. The number of hydrogen-bond acceptors (Lipinski definition) is 6. The van der Waals surface area contributed by atoms with Crippen molar-refractivity contribution in [3.8, 4) is 0 Å². The van der Waals surface area contributed by atoms with Gasteiger partial charge in [0, 0.05) is 24.2 Å².